The number of hydrogen-bond donors (Lipinski definition) is 2. The molecule has 1 aromatic heterocycles. The maximum Gasteiger partial charge on any atom is 0.215 e. The largest absolute Gasteiger partial charge is 0.491 e. The number of benzene rings is 3. The van der Waals surface area contributed by atoms with Gasteiger partial charge in [0.15, 0.2) is 0 Å². The second-order valence-corrected chi connectivity index (χ2v) is 12.4. The van der Waals surface area contributed by atoms with Gasteiger partial charge < -0.3 is 24.0 Å². The molecule has 2 N–H and O–H groups in total. The summed E-state index contributed by atoms with van der Waals surface area (Å²) in [6, 6.07) is 26.8. The number of nitrogens with zero attached hydrogens (tertiary/aromatic N) is 6. The highest BCUT2D eigenvalue weighted by Crippen LogP contribution is 2.36. The minimum atomic E-state index is -0.914. The average molecular weight is 642 g/mol. The van der Waals surface area contributed by atoms with Gasteiger partial charge in [-0.25, -0.2) is 5.43 Å². The van der Waals surface area contributed by atoms with E-state index >= 15 is 0 Å². The van der Waals surface area contributed by atoms with Crippen LogP contribution in [0.1, 0.15) is 31.4 Å². The monoisotopic (exact) mass is 641 g/mol. The Bertz CT molecular complexity index is 1530. The standard InChI is InChI=1S/C36H47N7O4/c1-5-29(3)38-39(4)43(44)33-13-11-31(12-14-33)40-21-23-41(24-22-40)32-15-17-34(18-16-32)45-25-35-26-46-36(47-35,27-42-20-6-19-37-42)30-9-7-28(2)8-10-30/h6-20,29,35,38,44H,5,21-27H2,1-4H3/t29?,35-,36-/m1/s1. The molecule has 1 unspecified atom stereocenters. The summed E-state index contributed by atoms with van der Waals surface area (Å²) in [5.74, 6) is -0.110. The highest BCUT2D eigenvalue weighted by Gasteiger charge is 2.44. The van der Waals surface area contributed by atoms with E-state index in [1.165, 1.54) is 11.3 Å². The second kappa shape index (κ2) is 14.7. The third-order valence-corrected chi connectivity index (χ3v) is 8.95. The maximum atomic E-state index is 10.6. The van der Waals surface area contributed by atoms with E-state index in [4.69, 9.17) is 14.2 Å². The Labute approximate surface area is 277 Å². The average Bonchev–Trinajstić information content (AvgIpc) is 3.78. The fourth-order valence-corrected chi connectivity index (χ4v) is 5.99. The lowest BCUT2D eigenvalue weighted by atomic mass is 10.0. The molecule has 3 aromatic carbocycles. The molecule has 0 saturated carbocycles. The summed E-state index contributed by atoms with van der Waals surface area (Å²) in [6.07, 6.45) is 4.44. The molecule has 250 valence electrons. The molecule has 2 aliphatic heterocycles. The van der Waals surface area contributed by atoms with Gasteiger partial charge in [0.1, 0.15) is 18.5 Å². The molecule has 2 aliphatic rings. The third-order valence-electron chi connectivity index (χ3n) is 8.95. The zero-order valence-electron chi connectivity index (χ0n) is 27.8. The SMILES string of the molecule is CCC(C)NN(C)N(O)c1ccc(N2CCN(c3ccc(OC[C@@H]4CO[C@@](Cn5cccn5)(c5ccc(C)cc5)O4)cc3)CC2)cc1. The van der Waals surface area contributed by atoms with E-state index in [-0.39, 0.29) is 12.1 Å². The number of nitrogens with one attached hydrogen (secondary N) is 1. The zero-order chi connectivity index (χ0) is 32.8. The highest BCUT2D eigenvalue weighted by atomic mass is 16.8. The van der Waals surface area contributed by atoms with E-state index in [0.29, 0.717) is 25.4 Å². The summed E-state index contributed by atoms with van der Waals surface area (Å²) in [7, 11) is 1.80. The second-order valence-electron chi connectivity index (χ2n) is 12.4. The highest BCUT2D eigenvalue weighted by molar-refractivity contribution is 5.57. The van der Waals surface area contributed by atoms with Crippen LogP contribution < -0.4 is 25.1 Å². The van der Waals surface area contributed by atoms with Gasteiger partial charge in [-0.1, -0.05) is 36.8 Å². The normalized spacial score (nSPS) is 20.5. The summed E-state index contributed by atoms with van der Waals surface area (Å²) in [6.45, 7) is 11.2. The van der Waals surface area contributed by atoms with Crippen LogP contribution >= 0.6 is 0 Å². The zero-order valence-corrected chi connectivity index (χ0v) is 27.8. The Morgan fingerprint density at radius 3 is 2.21 bits per heavy atom. The van der Waals surface area contributed by atoms with Gasteiger partial charge in [-0.15, -0.1) is 5.12 Å². The van der Waals surface area contributed by atoms with E-state index in [1.807, 2.05) is 41.2 Å². The molecule has 0 aliphatic carbocycles. The summed E-state index contributed by atoms with van der Waals surface area (Å²) < 4.78 is 20.9. The van der Waals surface area contributed by atoms with Crippen LogP contribution in [0.25, 0.3) is 0 Å². The number of rotatable bonds is 13. The van der Waals surface area contributed by atoms with Crippen molar-refractivity contribution in [1.82, 2.24) is 20.3 Å². The van der Waals surface area contributed by atoms with E-state index in [1.54, 1.807) is 18.4 Å². The fourth-order valence-electron chi connectivity index (χ4n) is 5.99. The van der Waals surface area contributed by atoms with Crippen LogP contribution in [-0.2, 0) is 21.8 Å². The lowest BCUT2D eigenvalue weighted by molar-refractivity contribution is -0.190. The van der Waals surface area contributed by atoms with Crippen LogP contribution in [0.5, 0.6) is 5.75 Å². The number of hydrazine groups is 2. The first kappa shape index (κ1) is 32.8. The van der Waals surface area contributed by atoms with Gasteiger partial charge in [0.25, 0.3) is 0 Å². The van der Waals surface area contributed by atoms with E-state index in [9.17, 15) is 5.21 Å². The van der Waals surface area contributed by atoms with Crippen molar-refractivity contribution in [3.05, 3.63) is 102 Å². The van der Waals surface area contributed by atoms with Crippen molar-refractivity contribution in [2.45, 2.75) is 51.7 Å². The third kappa shape index (κ3) is 7.89. The first-order valence-electron chi connectivity index (χ1n) is 16.5. The molecular weight excluding hydrogens is 594 g/mol. The Kier molecular flexibility index (Phi) is 10.3. The van der Waals surface area contributed by atoms with Gasteiger partial charge in [-0.2, -0.15) is 10.3 Å². The number of hydrogen-bond acceptors (Lipinski definition) is 10. The van der Waals surface area contributed by atoms with Gasteiger partial charge in [0, 0.05) is 68.6 Å². The smallest absolute Gasteiger partial charge is 0.215 e. The predicted octanol–water partition coefficient (Wildman–Crippen LogP) is 5.21. The van der Waals surface area contributed by atoms with Crippen LogP contribution in [0, 0.1) is 6.92 Å². The number of anilines is 3. The van der Waals surface area contributed by atoms with Crippen molar-refractivity contribution >= 4 is 17.1 Å². The molecule has 4 aromatic rings. The topological polar surface area (TPSA) is 90.7 Å². The Morgan fingerprint density at radius 1 is 0.979 bits per heavy atom. The minimum Gasteiger partial charge on any atom is -0.491 e. The summed E-state index contributed by atoms with van der Waals surface area (Å²) in [5, 5.41) is 17.7. The van der Waals surface area contributed by atoms with Crippen molar-refractivity contribution in [2.75, 3.05) is 61.4 Å². The first-order chi connectivity index (χ1) is 22.8. The molecule has 0 amide bonds. The molecule has 11 nitrogen and oxygen atoms in total. The molecule has 2 saturated heterocycles. The molecule has 6 rings (SSSR count). The van der Waals surface area contributed by atoms with Crippen molar-refractivity contribution in [1.29, 1.82) is 0 Å². The molecule has 0 spiro atoms. The molecule has 47 heavy (non-hydrogen) atoms. The number of piperazine rings is 1. The number of ether oxygens (including phenoxy) is 3. The van der Waals surface area contributed by atoms with E-state index in [2.05, 4.69) is 89.6 Å². The summed E-state index contributed by atoms with van der Waals surface area (Å²) in [4.78, 5) is 4.78. The van der Waals surface area contributed by atoms with E-state index in [0.717, 1.165) is 54.8 Å². The van der Waals surface area contributed by atoms with E-state index < -0.39 is 5.79 Å². The van der Waals surface area contributed by atoms with Crippen molar-refractivity contribution in [2.24, 2.45) is 0 Å². The Hall–Kier alpha value is -4.13. The Balaban J connectivity index is 0.988. The van der Waals surface area contributed by atoms with Gasteiger partial charge in [-0.3, -0.25) is 9.89 Å². The molecule has 3 heterocycles. The predicted molar refractivity (Wildman–Crippen MR) is 184 cm³/mol. The van der Waals surface area contributed by atoms with Crippen LogP contribution in [-0.4, -0.2) is 78.7 Å². The minimum absolute atomic E-state index is 0.212. The molecular formula is C36H47N7O4. The lowest BCUT2D eigenvalue weighted by Gasteiger charge is -2.37. The molecule has 0 bridgehead atoms. The molecule has 11 heteroatoms. The molecule has 2 fully saturated rings. The number of aryl methyl sites for hydroxylation is 1. The number of aromatic nitrogens is 2. The first-order valence-corrected chi connectivity index (χ1v) is 16.5. The fraction of sp³-hybridized carbons (Fsp3) is 0.417. The maximum absolute atomic E-state index is 10.6. The van der Waals surface area contributed by atoms with Crippen LogP contribution in [0.15, 0.2) is 91.3 Å². The van der Waals surface area contributed by atoms with Crippen molar-refractivity contribution in [3.63, 3.8) is 0 Å². The van der Waals surface area contributed by atoms with Crippen LogP contribution in [0.4, 0.5) is 17.1 Å². The summed E-state index contributed by atoms with van der Waals surface area (Å²) in [5.41, 5.74) is 8.43. The molecule has 3 atom stereocenters. The van der Waals surface area contributed by atoms with Crippen molar-refractivity contribution in [3.8, 4) is 5.75 Å². The van der Waals surface area contributed by atoms with Crippen LogP contribution in [0.3, 0.4) is 0 Å². The van der Waals surface area contributed by atoms with Gasteiger partial charge in [-0.05, 0) is 74.9 Å². The van der Waals surface area contributed by atoms with Crippen LogP contribution in [0.2, 0.25) is 0 Å². The Morgan fingerprint density at radius 2 is 1.62 bits per heavy atom. The summed E-state index contributed by atoms with van der Waals surface area (Å²) >= 11 is 0. The lowest BCUT2D eigenvalue weighted by Crippen LogP contribution is -2.50. The van der Waals surface area contributed by atoms with Crippen molar-refractivity contribution < 1.29 is 19.4 Å². The van der Waals surface area contributed by atoms with Gasteiger partial charge in [0.05, 0.1) is 18.8 Å². The van der Waals surface area contributed by atoms with Gasteiger partial charge >= 0.3 is 0 Å². The quantitative estimate of drug-likeness (QED) is 0.190. The van der Waals surface area contributed by atoms with Gasteiger partial charge in [0.2, 0.25) is 5.79 Å². The molecule has 0 radical (unpaired) electrons.